The topological polar surface area (TPSA) is 17.1 Å². The third-order valence-corrected chi connectivity index (χ3v) is 2.76. The van der Waals surface area contributed by atoms with Crippen LogP contribution in [-0.2, 0) is 4.79 Å². The molecule has 1 aliphatic rings. The number of carbonyl (C=O) groups excluding carboxylic acids is 1. The third-order valence-electron chi connectivity index (χ3n) is 2.76. The lowest BCUT2D eigenvalue weighted by atomic mass is 9.94. The van der Waals surface area contributed by atoms with E-state index >= 15 is 0 Å². The summed E-state index contributed by atoms with van der Waals surface area (Å²) in [6.45, 7) is 6.50. The minimum Gasteiger partial charge on any atom is -0.299 e. The summed E-state index contributed by atoms with van der Waals surface area (Å²) in [7, 11) is 0. The van der Waals surface area contributed by atoms with Gasteiger partial charge in [-0.3, -0.25) is 4.79 Å². The molecule has 0 N–H and O–H groups in total. The van der Waals surface area contributed by atoms with Gasteiger partial charge in [0.05, 0.1) is 0 Å². The summed E-state index contributed by atoms with van der Waals surface area (Å²) >= 11 is 0. The first-order valence-electron chi connectivity index (χ1n) is 5.12. The van der Waals surface area contributed by atoms with E-state index in [1.54, 1.807) is 0 Å². The molecule has 0 radical (unpaired) electrons. The number of carbonyl (C=O) groups is 1. The zero-order chi connectivity index (χ0) is 9.14. The normalized spacial score (nSPS) is 29.7. The Morgan fingerprint density at radius 1 is 1.42 bits per heavy atom. The van der Waals surface area contributed by atoms with Crippen molar-refractivity contribution in [2.75, 3.05) is 0 Å². The van der Waals surface area contributed by atoms with E-state index in [4.69, 9.17) is 0 Å². The van der Waals surface area contributed by atoms with Crippen LogP contribution in [0.5, 0.6) is 0 Å². The van der Waals surface area contributed by atoms with Crippen molar-refractivity contribution >= 4 is 5.78 Å². The van der Waals surface area contributed by atoms with Crippen molar-refractivity contribution in [1.29, 1.82) is 0 Å². The van der Waals surface area contributed by atoms with Gasteiger partial charge in [0.25, 0.3) is 0 Å². The van der Waals surface area contributed by atoms with E-state index < -0.39 is 0 Å². The minimum atomic E-state index is 0.405. The van der Waals surface area contributed by atoms with Crippen LogP contribution in [-0.4, -0.2) is 5.78 Å². The number of ketones is 1. The summed E-state index contributed by atoms with van der Waals surface area (Å²) in [5, 5.41) is 0. The van der Waals surface area contributed by atoms with E-state index in [-0.39, 0.29) is 0 Å². The summed E-state index contributed by atoms with van der Waals surface area (Å²) in [5.41, 5.74) is 0. The highest BCUT2D eigenvalue weighted by atomic mass is 16.1. The van der Waals surface area contributed by atoms with Gasteiger partial charge < -0.3 is 0 Å². The smallest absolute Gasteiger partial charge is 0.136 e. The molecular weight excluding hydrogens is 148 g/mol. The summed E-state index contributed by atoms with van der Waals surface area (Å²) in [6.07, 6.45) is 4.34. The summed E-state index contributed by atoms with van der Waals surface area (Å²) in [5.74, 6) is 2.23. The van der Waals surface area contributed by atoms with Gasteiger partial charge in [0.2, 0.25) is 0 Å². The molecular formula is C11H20O. The fourth-order valence-corrected chi connectivity index (χ4v) is 2.07. The maximum atomic E-state index is 11.6. The molecule has 0 saturated heterocycles. The summed E-state index contributed by atoms with van der Waals surface area (Å²) in [4.78, 5) is 11.6. The van der Waals surface area contributed by atoms with Gasteiger partial charge in [-0.2, -0.15) is 0 Å². The van der Waals surface area contributed by atoms with Crippen molar-refractivity contribution in [2.24, 2.45) is 17.8 Å². The van der Waals surface area contributed by atoms with E-state index in [9.17, 15) is 4.79 Å². The van der Waals surface area contributed by atoms with Gasteiger partial charge in [-0.15, -0.1) is 0 Å². The Balaban J connectivity index is 2.33. The van der Waals surface area contributed by atoms with Crippen molar-refractivity contribution in [3.05, 3.63) is 0 Å². The van der Waals surface area contributed by atoms with E-state index in [0.29, 0.717) is 17.6 Å². The molecule has 0 amide bonds. The second-order valence-corrected chi connectivity index (χ2v) is 4.68. The molecule has 0 spiro atoms. The lowest BCUT2D eigenvalue weighted by Gasteiger charge is -2.09. The lowest BCUT2D eigenvalue weighted by Crippen LogP contribution is -2.13. The van der Waals surface area contributed by atoms with Gasteiger partial charge in [0.15, 0.2) is 0 Å². The third kappa shape index (κ3) is 2.62. The van der Waals surface area contributed by atoms with Gasteiger partial charge in [0, 0.05) is 12.3 Å². The van der Waals surface area contributed by atoms with Gasteiger partial charge in [-0.05, 0) is 31.1 Å². The van der Waals surface area contributed by atoms with Crippen molar-refractivity contribution in [3.63, 3.8) is 0 Å². The first-order chi connectivity index (χ1) is 5.59. The molecule has 2 atom stereocenters. The van der Waals surface area contributed by atoms with Gasteiger partial charge >= 0.3 is 0 Å². The van der Waals surface area contributed by atoms with Crippen LogP contribution in [0, 0.1) is 17.8 Å². The zero-order valence-electron chi connectivity index (χ0n) is 8.47. The first kappa shape index (κ1) is 9.76. The van der Waals surface area contributed by atoms with Crippen LogP contribution in [0.2, 0.25) is 0 Å². The molecule has 0 aliphatic heterocycles. The van der Waals surface area contributed by atoms with Gasteiger partial charge in [0.1, 0.15) is 5.78 Å². The molecule has 12 heavy (non-hydrogen) atoms. The van der Waals surface area contributed by atoms with Crippen molar-refractivity contribution in [1.82, 2.24) is 0 Å². The van der Waals surface area contributed by atoms with Crippen LogP contribution in [0.25, 0.3) is 0 Å². The van der Waals surface area contributed by atoms with E-state index in [1.807, 2.05) is 0 Å². The van der Waals surface area contributed by atoms with Crippen LogP contribution in [0.1, 0.15) is 46.5 Å². The molecule has 1 saturated carbocycles. The molecule has 70 valence electrons. The molecule has 0 aromatic rings. The quantitative estimate of drug-likeness (QED) is 0.633. The van der Waals surface area contributed by atoms with Crippen LogP contribution >= 0.6 is 0 Å². The Bertz CT molecular complexity index is 160. The molecule has 2 unspecified atom stereocenters. The number of hydrogen-bond donors (Lipinski definition) is 0. The van der Waals surface area contributed by atoms with Crippen LogP contribution in [0.15, 0.2) is 0 Å². The Labute approximate surface area is 75.5 Å². The summed E-state index contributed by atoms with van der Waals surface area (Å²) in [6, 6.07) is 0. The molecule has 1 fully saturated rings. The molecule has 0 aromatic heterocycles. The predicted molar refractivity (Wildman–Crippen MR) is 51.0 cm³/mol. The molecule has 0 bridgehead atoms. The Kier molecular flexibility index (Phi) is 3.30. The number of Topliss-reactive ketones (excluding diaryl/α,β-unsaturated/α-hetero) is 1. The minimum absolute atomic E-state index is 0.405. The van der Waals surface area contributed by atoms with Crippen LogP contribution in [0.4, 0.5) is 0 Å². The van der Waals surface area contributed by atoms with Crippen LogP contribution < -0.4 is 0 Å². The highest BCUT2D eigenvalue weighted by Crippen LogP contribution is 2.32. The largest absolute Gasteiger partial charge is 0.299 e. The SMILES string of the molecule is CC(C)CC(=O)C1CCC(C)C1. The van der Waals surface area contributed by atoms with Gasteiger partial charge in [-0.25, -0.2) is 0 Å². The average molecular weight is 168 g/mol. The number of hydrogen-bond acceptors (Lipinski definition) is 1. The molecule has 1 heteroatoms. The average Bonchev–Trinajstić information content (AvgIpc) is 2.34. The maximum Gasteiger partial charge on any atom is 0.136 e. The first-order valence-corrected chi connectivity index (χ1v) is 5.12. The Morgan fingerprint density at radius 2 is 2.08 bits per heavy atom. The molecule has 0 aromatic carbocycles. The van der Waals surface area contributed by atoms with E-state index in [0.717, 1.165) is 25.2 Å². The monoisotopic (exact) mass is 168 g/mol. The van der Waals surface area contributed by atoms with Crippen molar-refractivity contribution in [2.45, 2.75) is 46.5 Å². The van der Waals surface area contributed by atoms with E-state index in [2.05, 4.69) is 20.8 Å². The Hall–Kier alpha value is -0.330. The second-order valence-electron chi connectivity index (χ2n) is 4.68. The second kappa shape index (κ2) is 4.06. The predicted octanol–water partition coefficient (Wildman–Crippen LogP) is 3.04. The van der Waals surface area contributed by atoms with Crippen molar-refractivity contribution in [3.8, 4) is 0 Å². The van der Waals surface area contributed by atoms with Crippen LogP contribution in [0.3, 0.4) is 0 Å². The molecule has 0 heterocycles. The Morgan fingerprint density at radius 3 is 2.50 bits per heavy atom. The molecule has 1 aliphatic carbocycles. The fraction of sp³-hybridized carbons (Fsp3) is 0.909. The summed E-state index contributed by atoms with van der Waals surface area (Å²) < 4.78 is 0. The maximum absolute atomic E-state index is 11.6. The van der Waals surface area contributed by atoms with Crippen molar-refractivity contribution < 1.29 is 4.79 Å². The van der Waals surface area contributed by atoms with E-state index in [1.165, 1.54) is 6.42 Å². The standard InChI is InChI=1S/C11H20O/c1-8(2)6-11(12)10-5-4-9(3)7-10/h8-10H,4-7H2,1-3H3. The van der Waals surface area contributed by atoms with Gasteiger partial charge in [-0.1, -0.05) is 20.8 Å². The number of rotatable bonds is 3. The highest BCUT2D eigenvalue weighted by molar-refractivity contribution is 5.81. The highest BCUT2D eigenvalue weighted by Gasteiger charge is 2.26. The molecule has 1 nitrogen and oxygen atoms in total. The lowest BCUT2D eigenvalue weighted by molar-refractivity contribution is -0.123. The fourth-order valence-electron chi connectivity index (χ4n) is 2.07. The zero-order valence-corrected chi connectivity index (χ0v) is 8.47. The molecule has 1 rings (SSSR count).